The summed E-state index contributed by atoms with van der Waals surface area (Å²) in [6.07, 6.45) is 3.24. The number of hydrogen-bond donors (Lipinski definition) is 2. The lowest BCUT2D eigenvalue weighted by molar-refractivity contribution is 0.0698. The average molecular weight is 215 g/mol. The second-order valence-electron chi connectivity index (χ2n) is 3.84. The van der Waals surface area contributed by atoms with Gasteiger partial charge in [0.05, 0.1) is 5.56 Å². The summed E-state index contributed by atoms with van der Waals surface area (Å²) in [6.45, 7) is 4.02. The Morgan fingerprint density at radius 2 is 1.94 bits per heavy atom. The van der Waals surface area contributed by atoms with Gasteiger partial charge in [-0.15, -0.1) is 0 Å². The Kier molecular flexibility index (Phi) is 2.52. The smallest absolute Gasteiger partial charge is 0.337 e. The van der Waals surface area contributed by atoms with E-state index in [-0.39, 0.29) is 0 Å². The molecule has 0 saturated heterocycles. The molecule has 0 amide bonds. The van der Waals surface area contributed by atoms with E-state index in [1.807, 2.05) is 32.0 Å². The lowest BCUT2D eigenvalue weighted by Gasteiger charge is -2.07. The molecule has 82 valence electrons. The first kappa shape index (κ1) is 10.5. The lowest BCUT2D eigenvalue weighted by Crippen LogP contribution is -1.97. The Balaban J connectivity index is 2.63. The second kappa shape index (κ2) is 3.85. The van der Waals surface area contributed by atoms with E-state index in [1.54, 1.807) is 6.20 Å². The summed E-state index contributed by atoms with van der Waals surface area (Å²) >= 11 is 0. The summed E-state index contributed by atoms with van der Waals surface area (Å²) in [4.78, 5) is 13.9. The van der Waals surface area contributed by atoms with E-state index >= 15 is 0 Å². The molecule has 0 radical (unpaired) electrons. The largest absolute Gasteiger partial charge is 0.478 e. The molecular weight excluding hydrogens is 202 g/mol. The van der Waals surface area contributed by atoms with Crippen molar-refractivity contribution in [2.24, 2.45) is 0 Å². The summed E-state index contributed by atoms with van der Waals surface area (Å²) < 4.78 is 0. The van der Waals surface area contributed by atoms with E-state index in [0.717, 1.165) is 22.3 Å². The maximum atomic E-state index is 11.0. The molecule has 0 bridgehead atoms. The number of hydrogen-bond acceptors (Lipinski definition) is 1. The zero-order valence-corrected chi connectivity index (χ0v) is 9.24. The van der Waals surface area contributed by atoms with Crippen LogP contribution in [0.1, 0.15) is 21.5 Å². The molecule has 2 aromatic rings. The van der Waals surface area contributed by atoms with Gasteiger partial charge in [-0.3, -0.25) is 0 Å². The molecule has 3 heteroatoms. The van der Waals surface area contributed by atoms with Crippen LogP contribution in [0.4, 0.5) is 0 Å². The SMILES string of the molecule is Cc1cccc(-c2c[nH]cc2C(=O)O)c1C. The number of aromatic nitrogens is 1. The van der Waals surface area contributed by atoms with Crippen molar-refractivity contribution < 1.29 is 9.90 Å². The highest BCUT2D eigenvalue weighted by atomic mass is 16.4. The Bertz CT molecular complexity index is 541. The van der Waals surface area contributed by atoms with Crippen LogP contribution in [-0.4, -0.2) is 16.1 Å². The Morgan fingerprint density at radius 3 is 2.62 bits per heavy atom. The number of aromatic carboxylic acids is 1. The average Bonchev–Trinajstić information content (AvgIpc) is 2.70. The standard InChI is InChI=1S/C13H13NO2/c1-8-4-3-5-10(9(8)2)11-6-14-7-12(11)13(15)16/h3-7,14H,1-2H3,(H,15,16). The fourth-order valence-electron chi connectivity index (χ4n) is 1.81. The summed E-state index contributed by atoms with van der Waals surface area (Å²) in [5.74, 6) is -0.905. The molecule has 3 nitrogen and oxygen atoms in total. The first-order valence-corrected chi connectivity index (χ1v) is 5.08. The number of H-pyrrole nitrogens is 1. The number of rotatable bonds is 2. The van der Waals surface area contributed by atoms with E-state index in [2.05, 4.69) is 4.98 Å². The molecule has 1 heterocycles. The monoisotopic (exact) mass is 215 g/mol. The fourth-order valence-corrected chi connectivity index (χ4v) is 1.81. The van der Waals surface area contributed by atoms with Crippen molar-refractivity contribution in [1.82, 2.24) is 4.98 Å². The summed E-state index contributed by atoms with van der Waals surface area (Å²) in [7, 11) is 0. The number of aryl methyl sites for hydroxylation is 1. The molecule has 16 heavy (non-hydrogen) atoms. The van der Waals surface area contributed by atoms with Gasteiger partial charge in [-0.2, -0.15) is 0 Å². The minimum absolute atomic E-state index is 0.314. The summed E-state index contributed by atoms with van der Waals surface area (Å²) in [6, 6.07) is 5.90. The maximum Gasteiger partial charge on any atom is 0.337 e. The van der Waals surface area contributed by atoms with Gasteiger partial charge in [0.2, 0.25) is 0 Å². The summed E-state index contributed by atoms with van der Waals surface area (Å²) in [5, 5.41) is 9.06. The van der Waals surface area contributed by atoms with Crippen molar-refractivity contribution in [3.8, 4) is 11.1 Å². The zero-order chi connectivity index (χ0) is 11.7. The molecule has 0 aliphatic heterocycles. The van der Waals surface area contributed by atoms with Crippen LogP contribution in [0.25, 0.3) is 11.1 Å². The molecule has 0 aliphatic carbocycles. The summed E-state index contributed by atoms with van der Waals surface area (Å²) in [5.41, 5.74) is 4.31. The molecule has 0 saturated carbocycles. The lowest BCUT2D eigenvalue weighted by atomic mass is 9.96. The van der Waals surface area contributed by atoms with Gasteiger partial charge in [0.1, 0.15) is 0 Å². The molecule has 1 aromatic carbocycles. The number of benzene rings is 1. The van der Waals surface area contributed by atoms with Crippen molar-refractivity contribution >= 4 is 5.97 Å². The first-order valence-electron chi connectivity index (χ1n) is 5.08. The van der Waals surface area contributed by atoms with Crippen LogP contribution < -0.4 is 0 Å². The second-order valence-corrected chi connectivity index (χ2v) is 3.84. The molecule has 0 atom stereocenters. The highest BCUT2D eigenvalue weighted by Crippen LogP contribution is 2.28. The van der Waals surface area contributed by atoms with Gasteiger partial charge in [-0.1, -0.05) is 18.2 Å². The van der Waals surface area contributed by atoms with Crippen molar-refractivity contribution in [3.63, 3.8) is 0 Å². The normalized spacial score (nSPS) is 10.4. The van der Waals surface area contributed by atoms with Gasteiger partial charge in [0.25, 0.3) is 0 Å². The zero-order valence-electron chi connectivity index (χ0n) is 9.24. The molecule has 0 spiro atoms. The molecule has 0 fully saturated rings. The minimum atomic E-state index is -0.905. The van der Waals surface area contributed by atoms with Gasteiger partial charge >= 0.3 is 5.97 Å². The fraction of sp³-hybridized carbons (Fsp3) is 0.154. The third kappa shape index (κ3) is 1.60. The van der Waals surface area contributed by atoms with Crippen LogP contribution >= 0.6 is 0 Å². The van der Waals surface area contributed by atoms with Gasteiger partial charge in [-0.05, 0) is 30.5 Å². The topological polar surface area (TPSA) is 53.1 Å². The van der Waals surface area contributed by atoms with Gasteiger partial charge < -0.3 is 10.1 Å². The van der Waals surface area contributed by atoms with Crippen LogP contribution in [0.3, 0.4) is 0 Å². The van der Waals surface area contributed by atoms with Crippen molar-refractivity contribution in [2.75, 3.05) is 0 Å². The Morgan fingerprint density at radius 1 is 1.19 bits per heavy atom. The highest BCUT2D eigenvalue weighted by molar-refractivity contribution is 5.96. The predicted octanol–water partition coefficient (Wildman–Crippen LogP) is 3.00. The third-order valence-corrected chi connectivity index (χ3v) is 2.87. The Hall–Kier alpha value is -2.03. The molecular formula is C13H13NO2. The minimum Gasteiger partial charge on any atom is -0.478 e. The first-order chi connectivity index (χ1) is 7.61. The van der Waals surface area contributed by atoms with E-state index in [9.17, 15) is 4.79 Å². The molecule has 1 aromatic heterocycles. The van der Waals surface area contributed by atoms with Gasteiger partial charge in [0, 0.05) is 18.0 Å². The molecule has 0 unspecified atom stereocenters. The van der Waals surface area contributed by atoms with Crippen LogP contribution in [0.5, 0.6) is 0 Å². The number of carboxylic acid groups (broad SMARTS) is 1. The van der Waals surface area contributed by atoms with Crippen molar-refractivity contribution in [2.45, 2.75) is 13.8 Å². The predicted molar refractivity (Wildman–Crippen MR) is 62.7 cm³/mol. The van der Waals surface area contributed by atoms with E-state index in [1.165, 1.54) is 6.20 Å². The van der Waals surface area contributed by atoms with Gasteiger partial charge in [-0.25, -0.2) is 4.79 Å². The number of nitrogens with one attached hydrogen (secondary N) is 1. The van der Waals surface area contributed by atoms with Crippen LogP contribution in [0.15, 0.2) is 30.6 Å². The van der Waals surface area contributed by atoms with Crippen molar-refractivity contribution in [3.05, 3.63) is 47.3 Å². The number of carbonyl (C=O) groups is 1. The van der Waals surface area contributed by atoms with E-state index < -0.39 is 5.97 Å². The third-order valence-electron chi connectivity index (χ3n) is 2.87. The molecule has 0 aliphatic rings. The van der Waals surface area contributed by atoms with Crippen molar-refractivity contribution in [1.29, 1.82) is 0 Å². The van der Waals surface area contributed by atoms with Gasteiger partial charge in [0.15, 0.2) is 0 Å². The molecule has 2 N–H and O–H groups in total. The van der Waals surface area contributed by atoms with E-state index in [0.29, 0.717) is 5.56 Å². The number of carboxylic acids is 1. The van der Waals surface area contributed by atoms with Crippen LogP contribution in [0.2, 0.25) is 0 Å². The number of aromatic amines is 1. The molecule has 2 rings (SSSR count). The highest BCUT2D eigenvalue weighted by Gasteiger charge is 2.14. The van der Waals surface area contributed by atoms with Crippen LogP contribution in [0, 0.1) is 13.8 Å². The van der Waals surface area contributed by atoms with Crippen LogP contribution in [-0.2, 0) is 0 Å². The maximum absolute atomic E-state index is 11.0. The Labute approximate surface area is 93.7 Å². The quantitative estimate of drug-likeness (QED) is 0.809. The van der Waals surface area contributed by atoms with E-state index in [4.69, 9.17) is 5.11 Å².